The highest BCUT2D eigenvalue weighted by Crippen LogP contribution is 2.38. The second-order valence-electron chi connectivity index (χ2n) is 9.47. The number of rotatable bonds is 10. The maximum absolute atomic E-state index is 15.0. The number of ether oxygens (including phenoxy) is 3. The molecule has 1 fully saturated rings. The lowest BCUT2D eigenvalue weighted by atomic mass is 10.0. The highest BCUT2D eigenvalue weighted by Gasteiger charge is 2.31. The molecular formula is C27H32F3N3O3. The van der Waals surface area contributed by atoms with Crippen molar-refractivity contribution in [2.45, 2.75) is 77.7 Å². The Morgan fingerprint density at radius 3 is 2.42 bits per heavy atom. The van der Waals surface area contributed by atoms with E-state index in [0.717, 1.165) is 18.9 Å². The van der Waals surface area contributed by atoms with Crippen LogP contribution in [-0.4, -0.2) is 35.4 Å². The van der Waals surface area contributed by atoms with Crippen LogP contribution in [0.1, 0.15) is 63.5 Å². The fourth-order valence-electron chi connectivity index (χ4n) is 4.03. The molecule has 1 aliphatic rings. The monoisotopic (exact) mass is 503 g/mol. The second kappa shape index (κ2) is 10.1. The van der Waals surface area contributed by atoms with Crippen molar-refractivity contribution in [3.63, 3.8) is 0 Å². The number of aromatic nitrogens is 2. The molecule has 4 rings (SSSR count). The van der Waals surface area contributed by atoms with E-state index in [9.17, 15) is 13.2 Å². The number of fused-ring (bicyclic) bond motifs is 1. The molecule has 0 bridgehead atoms. The van der Waals surface area contributed by atoms with Crippen LogP contribution in [-0.2, 0) is 10.7 Å². The molecule has 2 unspecified atom stereocenters. The van der Waals surface area contributed by atoms with E-state index in [2.05, 4.69) is 15.3 Å². The number of alkyl halides is 2. The van der Waals surface area contributed by atoms with E-state index in [1.54, 1.807) is 33.1 Å². The summed E-state index contributed by atoms with van der Waals surface area (Å²) in [6.45, 7) is 8.02. The smallest absolute Gasteiger partial charge is 0.273 e. The quantitative estimate of drug-likeness (QED) is 0.332. The molecule has 0 aliphatic heterocycles. The fourth-order valence-corrected chi connectivity index (χ4v) is 4.03. The summed E-state index contributed by atoms with van der Waals surface area (Å²) in [6, 6.07) is 6.89. The molecular weight excluding hydrogens is 471 g/mol. The van der Waals surface area contributed by atoms with Gasteiger partial charge in [0.15, 0.2) is 11.5 Å². The number of hydrogen-bond donors (Lipinski definition) is 1. The van der Waals surface area contributed by atoms with Crippen molar-refractivity contribution in [3.8, 4) is 11.5 Å². The van der Waals surface area contributed by atoms with E-state index in [4.69, 9.17) is 14.2 Å². The fraction of sp³-hybridized carbons (Fsp3) is 0.481. The van der Waals surface area contributed by atoms with Gasteiger partial charge in [0.25, 0.3) is 5.92 Å². The van der Waals surface area contributed by atoms with E-state index >= 15 is 0 Å². The van der Waals surface area contributed by atoms with Gasteiger partial charge in [-0.05, 0) is 46.6 Å². The number of nitrogens with zero attached hydrogens (tertiary/aromatic N) is 2. The van der Waals surface area contributed by atoms with Crippen LogP contribution in [0.3, 0.4) is 0 Å². The van der Waals surface area contributed by atoms with Gasteiger partial charge in [-0.3, -0.25) is 0 Å². The average molecular weight is 504 g/mol. The summed E-state index contributed by atoms with van der Waals surface area (Å²) >= 11 is 0. The number of hydrogen-bond acceptors (Lipinski definition) is 6. The second-order valence-corrected chi connectivity index (χ2v) is 9.47. The summed E-state index contributed by atoms with van der Waals surface area (Å²) in [5.41, 5.74) is 0.0723. The van der Waals surface area contributed by atoms with E-state index in [1.807, 2.05) is 13.8 Å². The zero-order valence-electron chi connectivity index (χ0n) is 21.4. The number of methoxy groups -OCH3 is 1. The van der Waals surface area contributed by atoms with Crippen molar-refractivity contribution < 1.29 is 27.4 Å². The first kappa shape index (κ1) is 26.0. The van der Waals surface area contributed by atoms with Crippen molar-refractivity contribution in [2.75, 3.05) is 12.4 Å². The third-order valence-electron chi connectivity index (χ3n) is 6.32. The van der Waals surface area contributed by atoms with Gasteiger partial charge < -0.3 is 19.5 Å². The first-order valence-corrected chi connectivity index (χ1v) is 12.1. The highest BCUT2D eigenvalue weighted by molar-refractivity contribution is 5.92. The molecule has 1 N–H and O–H groups in total. The van der Waals surface area contributed by atoms with Gasteiger partial charge >= 0.3 is 0 Å². The van der Waals surface area contributed by atoms with Crippen molar-refractivity contribution in [1.82, 2.24) is 9.97 Å². The minimum absolute atomic E-state index is 0.114. The molecule has 2 aromatic carbocycles. The number of nitrogens with one attached hydrogen (secondary N) is 1. The van der Waals surface area contributed by atoms with Gasteiger partial charge in [-0.15, -0.1) is 0 Å². The zero-order valence-corrected chi connectivity index (χ0v) is 21.4. The largest absolute Gasteiger partial charge is 0.493 e. The third kappa shape index (κ3) is 5.67. The maximum atomic E-state index is 15.0. The lowest BCUT2D eigenvalue weighted by molar-refractivity contribution is -0.0173. The van der Waals surface area contributed by atoms with Crippen LogP contribution in [0.15, 0.2) is 30.3 Å². The van der Waals surface area contributed by atoms with E-state index < -0.39 is 23.3 Å². The Morgan fingerprint density at radius 2 is 1.78 bits per heavy atom. The lowest BCUT2D eigenvalue weighted by Crippen LogP contribution is -2.29. The maximum Gasteiger partial charge on any atom is 0.273 e. The van der Waals surface area contributed by atoms with Gasteiger partial charge in [0.1, 0.15) is 23.6 Å². The summed E-state index contributed by atoms with van der Waals surface area (Å²) in [5, 5.41) is 3.81. The molecule has 0 amide bonds. The van der Waals surface area contributed by atoms with Crippen LogP contribution in [0.5, 0.6) is 11.5 Å². The van der Waals surface area contributed by atoms with Crippen LogP contribution < -0.4 is 14.8 Å². The summed E-state index contributed by atoms with van der Waals surface area (Å²) < 4.78 is 60.5. The molecule has 1 aliphatic carbocycles. The minimum atomic E-state index is -3.29. The molecule has 0 spiro atoms. The Balaban J connectivity index is 1.68. The first-order chi connectivity index (χ1) is 17.0. The molecule has 0 radical (unpaired) electrons. The molecule has 1 heterocycles. The first-order valence-electron chi connectivity index (χ1n) is 12.1. The number of aryl methyl sites for hydroxylation is 1. The van der Waals surface area contributed by atoms with Gasteiger partial charge in [-0.25, -0.2) is 23.1 Å². The molecule has 194 valence electrons. The van der Waals surface area contributed by atoms with Gasteiger partial charge in [0.05, 0.1) is 36.4 Å². The number of anilines is 1. The Hall–Kier alpha value is -3.07. The Morgan fingerprint density at radius 1 is 1.06 bits per heavy atom. The van der Waals surface area contributed by atoms with Gasteiger partial charge in [0, 0.05) is 23.9 Å². The predicted molar refractivity (Wildman–Crippen MR) is 132 cm³/mol. The average Bonchev–Trinajstić information content (AvgIpc) is 3.62. The van der Waals surface area contributed by atoms with E-state index in [0.29, 0.717) is 47.1 Å². The molecule has 36 heavy (non-hydrogen) atoms. The van der Waals surface area contributed by atoms with Crippen molar-refractivity contribution in [2.24, 2.45) is 0 Å². The van der Waals surface area contributed by atoms with Crippen molar-refractivity contribution in [3.05, 3.63) is 53.1 Å². The zero-order chi connectivity index (χ0) is 26.2. The summed E-state index contributed by atoms with van der Waals surface area (Å²) in [4.78, 5) is 9.02. The highest BCUT2D eigenvalue weighted by atomic mass is 19.3. The van der Waals surface area contributed by atoms with Gasteiger partial charge in [-0.1, -0.05) is 18.2 Å². The molecule has 3 aromatic rings. The van der Waals surface area contributed by atoms with Crippen molar-refractivity contribution in [1.29, 1.82) is 0 Å². The summed E-state index contributed by atoms with van der Waals surface area (Å²) in [7, 11) is 1.55. The molecule has 6 nitrogen and oxygen atoms in total. The van der Waals surface area contributed by atoms with Crippen LogP contribution in [0.25, 0.3) is 10.9 Å². The van der Waals surface area contributed by atoms with E-state index in [1.165, 1.54) is 12.1 Å². The SMILES string of the molecule is COc1cc2nc(C)nc(N[C@H](C)c3cccc(C(C)(F)F)c3F)c2cc1OC(C)C(C)OC1CC1. The molecule has 1 aromatic heterocycles. The molecule has 1 saturated carbocycles. The standard InChI is InChI=1S/C27H32F3N3O3/c1-14(19-8-7-9-21(25(19)28)27(5,29)30)31-26-20-12-24(36-16(3)15(2)35-18-10-11-18)23(34-6)13-22(20)32-17(4)33-26/h7-9,12-16,18H,10-11H2,1-6H3,(H,31,32,33)/t14-,15?,16?/m1/s1. The summed E-state index contributed by atoms with van der Waals surface area (Å²) in [6.07, 6.45) is 2.08. The predicted octanol–water partition coefficient (Wildman–Crippen LogP) is 6.71. The van der Waals surface area contributed by atoms with Crippen LogP contribution in [0, 0.1) is 12.7 Å². The molecule has 9 heteroatoms. The van der Waals surface area contributed by atoms with Gasteiger partial charge in [-0.2, -0.15) is 0 Å². The Bertz CT molecular complexity index is 1240. The topological polar surface area (TPSA) is 65.5 Å². The van der Waals surface area contributed by atoms with E-state index in [-0.39, 0.29) is 17.8 Å². The molecule has 3 atom stereocenters. The molecule has 0 saturated heterocycles. The van der Waals surface area contributed by atoms with Gasteiger partial charge in [0.2, 0.25) is 0 Å². The number of benzene rings is 2. The minimum Gasteiger partial charge on any atom is -0.493 e. The number of halogens is 3. The summed E-state index contributed by atoms with van der Waals surface area (Å²) in [5.74, 6) is -2.32. The normalized spacial score (nSPS) is 16.5. The lowest BCUT2D eigenvalue weighted by Gasteiger charge is -2.24. The Labute approximate surface area is 209 Å². The Kier molecular flexibility index (Phi) is 7.31. The third-order valence-corrected chi connectivity index (χ3v) is 6.32. The van der Waals surface area contributed by atoms with Crippen LogP contribution >= 0.6 is 0 Å². The van der Waals surface area contributed by atoms with Crippen LogP contribution in [0.2, 0.25) is 0 Å². The van der Waals surface area contributed by atoms with Crippen LogP contribution in [0.4, 0.5) is 19.0 Å². The van der Waals surface area contributed by atoms with Crippen molar-refractivity contribution >= 4 is 16.7 Å².